The van der Waals surface area contributed by atoms with E-state index < -0.39 is 0 Å². The summed E-state index contributed by atoms with van der Waals surface area (Å²) in [6.07, 6.45) is 2.36. The number of benzene rings is 7. The number of hydrogen-bond donors (Lipinski definition) is 0. The number of aryl methyl sites for hydroxylation is 2. The second-order valence-corrected chi connectivity index (χ2v) is 13.7. The Balaban J connectivity index is 1.35. The fraction of sp³-hybridized carbons (Fsp3) is 0.0588. The summed E-state index contributed by atoms with van der Waals surface area (Å²) in [6, 6.07) is 63.5. The van der Waals surface area contributed by atoms with Gasteiger partial charge in [0.1, 0.15) is 0 Å². The van der Waals surface area contributed by atoms with Gasteiger partial charge in [0.25, 0.3) is 0 Å². The molecule has 0 unspecified atom stereocenters. The first-order chi connectivity index (χ1) is 26.1. The van der Waals surface area contributed by atoms with Crippen molar-refractivity contribution in [2.75, 3.05) is 0 Å². The molecule has 254 valence electrons. The van der Waals surface area contributed by atoms with Crippen molar-refractivity contribution in [3.8, 4) is 39.2 Å². The fourth-order valence-corrected chi connectivity index (χ4v) is 8.18. The quantitative estimate of drug-likeness (QED) is 0.165. The summed E-state index contributed by atoms with van der Waals surface area (Å²) >= 11 is 0. The lowest BCUT2D eigenvalue weighted by Gasteiger charge is -2.17. The van der Waals surface area contributed by atoms with E-state index in [1.165, 1.54) is 82.2 Å². The standard InChI is InChI=1S/C51H40N2/c1-4-52-48-29-17-15-25-44(48)35(2)50(52)46-27-13-11-23-39(46)31-40-24-12-14-28-47(40)51-36(3)45-26-16-18-30-49(45)53(51)43-33-41(37-19-7-5-8-20-37)32-42(34-43)38-21-9-6-10-22-38/h5-34H,2,4H2,1,3H3/b39-31+,50-46+. The highest BCUT2D eigenvalue weighted by molar-refractivity contribution is 5.95. The largest absolute Gasteiger partial charge is 0.340 e. The number of hydrogen-bond acceptors (Lipinski definition) is 0. The number of nitrogens with zero attached hydrogens (tertiary/aromatic N) is 2. The van der Waals surface area contributed by atoms with Crippen molar-refractivity contribution in [1.82, 2.24) is 9.13 Å². The van der Waals surface area contributed by atoms with Crippen LogP contribution in [0.2, 0.25) is 0 Å². The lowest BCUT2D eigenvalue weighted by atomic mass is 9.97. The van der Waals surface area contributed by atoms with Crippen LogP contribution in [0.4, 0.5) is 0 Å². The van der Waals surface area contributed by atoms with Gasteiger partial charge in [-0.3, -0.25) is 0 Å². The van der Waals surface area contributed by atoms with Crippen LogP contribution in [0.3, 0.4) is 0 Å². The molecule has 0 saturated heterocycles. The van der Waals surface area contributed by atoms with Crippen molar-refractivity contribution >= 4 is 34.5 Å². The van der Waals surface area contributed by atoms with Crippen LogP contribution in [0.5, 0.6) is 0 Å². The van der Waals surface area contributed by atoms with E-state index in [9.17, 15) is 0 Å². The Kier molecular flexibility index (Phi) is 8.21. The Hall–Kier alpha value is -6.64. The van der Waals surface area contributed by atoms with Crippen molar-refractivity contribution in [2.24, 2.45) is 0 Å². The summed E-state index contributed by atoms with van der Waals surface area (Å²) in [4.78, 5) is 0. The molecule has 53 heavy (non-hydrogen) atoms. The topological polar surface area (TPSA) is 9.86 Å². The van der Waals surface area contributed by atoms with Crippen molar-refractivity contribution < 1.29 is 0 Å². The minimum atomic E-state index is 0.864. The molecule has 2 heteroatoms. The van der Waals surface area contributed by atoms with E-state index in [0.717, 1.165) is 17.5 Å². The maximum absolute atomic E-state index is 4.61. The Morgan fingerprint density at radius 1 is 0.547 bits per heavy atom. The number of para-hydroxylation sites is 2. The van der Waals surface area contributed by atoms with E-state index in [2.05, 4.69) is 212 Å². The molecule has 9 rings (SSSR count). The van der Waals surface area contributed by atoms with Crippen LogP contribution in [0.25, 0.3) is 73.7 Å². The molecule has 0 N–H and O–H groups in total. The van der Waals surface area contributed by atoms with Gasteiger partial charge < -0.3 is 9.13 Å². The Morgan fingerprint density at radius 2 is 1.11 bits per heavy atom. The van der Waals surface area contributed by atoms with Crippen molar-refractivity contribution in [3.05, 3.63) is 208 Å². The monoisotopic (exact) mass is 680 g/mol. The molecule has 0 aliphatic rings. The smallest absolute Gasteiger partial charge is 0.0576 e. The molecule has 7 aromatic carbocycles. The zero-order valence-corrected chi connectivity index (χ0v) is 30.1. The van der Waals surface area contributed by atoms with Crippen molar-refractivity contribution in [3.63, 3.8) is 0 Å². The lowest BCUT2D eigenvalue weighted by Crippen LogP contribution is -2.11. The minimum absolute atomic E-state index is 0.864. The highest BCUT2D eigenvalue weighted by atomic mass is 15.0. The third kappa shape index (κ3) is 5.60. The number of aromatic nitrogens is 2. The molecule has 0 aliphatic heterocycles. The van der Waals surface area contributed by atoms with E-state index in [0.29, 0.717) is 0 Å². The highest BCUT2D eigenvalue weighted by Crippen LogP contribution is 2.40. The maximum Gasteiger partial charge on any atom is 0.0576 e. The summed E-state index contributed by atoms with van der Waals surface area (Å²) < 4.78 is 4.88. The zero-order chi connectivity index (χ0) is 35.9. The summed E-state index contributed by atoms with van der Waals surface area (Å²) in [5.41, 5.74) is 13.1. The van der Waals surface area contributed by atoms with Gasteiger partial charge in [0.2, 0.25) is 0 Å². The molecule has 0 fully saturated rings. The maximum atomic E-state index is 4.61. The van der Waals surface area contributed by atoms with Crippen LogP contribution >= 0.6 is 0 Å². The van der Waals surface area contributed by atoms with Crippen LogP contribution in [0.15, 0.2) is 176 Å². The zero-order valence-electron chi connectivity index (χ0n) is 30.1. The molecule has 0 bridgehead atoms. The SMILES string of the molecule is C=c1/c(=c2/cccc/c2=C\c2ccccc2-c2c(C)c3ccccc3n2-c2cc(-c3ccccc3)cc(-c3ccccc3)c2)n(CC)c2ccccc12. The predicted octanol–water partition coefficient (Wildman–Crippen LogP) is 11.4. The minimum Gasteiger partial charge on any atom is -0.340 e. The fourth-order valence-electron chi connectivity index (χ4n) is 8.18. The Morgan fingerprint density at radius 3 is 1.81 bits per heavy atom. The van der Waals surface area contributed by atoms with Crippen molar-refractivity contribution in [2.45, 2.75) is 20.4 Å². The molecule has 0 saturated carbocycles. The number of fused-ring (bicyclic) bond motifs is 2. The average molecular weight is 681 g/mol. The van der Waals surface area contributed by atoms with E-state index in [1.807, 2.05) is 0 Å². The van der Waals surface area contributed by atoms with Crippen LogP contribution in [0, 0.1) is 17.5 Å². The summed E-state index contributed by atoms with van der Waals surface area (Å²) in [7, 11) is 0. The Bertz CT molecular complexity index is 2940. The first-order valence-electron chi connectivity index (χ1n) is 18.4. The average Bonchev–Trinajstić information content (AvgIpc) is 3.68. The Labute approximate surface area is 310 Å². The molecule has 0 radical (unpaired) electrons. The summed E-state index contributed by atoms with van der Waals surface area (Å²) in [5.74, 6) is 0. The first-order valence-corrected chi connectivity index (χ1v) is 18.4. The van der Waals surface area contributed by atoms with Gasteiger partial charge in [-0.25, -0.2) is 0 Å². The van der Waals surface area contributed by atoms with Gasteiger partial charge in [-0.15, -0.1) is 0 Å². The molecule has 2 heterocycles. The molecule has 0 atom stereocenters. The lowest BCUT2D eigenvalue weighted by molar-refractivity contribution is 0.771. The van der Waals surface area contributed by atoms with Gasteiger partial charge in [0.05, 0.1) is 16.6 Å². The molecule has 0 spiro atoms. The van der Waals surface area contributed by atoms with Crippen LogP contribution in [-0.2, 0) is 6.54 Å². The molecule has 2 nitrogen and oxygen atoms in total. The second kappa shape index (κ2) is 13.5. The van der Waals surface area contributed by atoms with Gasteiger partial charge in [-0.05, 0) is 88.9 Å². The third-order valence-corrected chi connectivity index (χ3v) is 10.7. The molecule has 0 aliphatic carbocycles. The van der Waals surface area contributed by atoms with E-state index in [4.69, 9.17) is 0 Å². The molecule has 0 amide bonds. The van der Waals surface area contributed by atoms with Gasteiger partial charge >= 0.3 is 0 Å². The van der Waals surface area contributed by atoms with Gasteiger partial charge in [-0.1, -0.05) is 152 Å². The van der Waals surface area contributed by atoms with Gasteiger partial charge in [0.15, 0.2) is 0 Å². The molecular formula is C51H40N2. The van der Waals surface area contributed by atoms with Gasteiger partial charge in [0, 0.05) is 44.5 Å². The van der Waals surface area contributed by atoms with E-state index in [-0.39, 0.29) is 0 Å². The predicted molar refractivity (Wildman–Crippen MR) is 224 cm³/mol. The summed E-state index contributed by atoms with van der Waals surface area (Å²) in [6.45, 7) is 9.96. The van der Waals surface area contributed by atoms with Crippen molar-refractivity contribution in [1.29, 1.82) is 0 Å². The molecule has 9 aromatic rings. The number of rotatable bonds is 6. The summed E-state index contributed by atoms with van der Waals surface area (Å²) in [5, 5.41) is 7.05. The highest BCUT2D eigenvalue weighted by Gasteiger charge is 2.20. The van der Waals surface area contributed by atoms with E-state index >= 15 is 0 Å². The normalized spacial score (nSPS) is 12.5. The third-order valence-electron chi connectivity index (χ3n) is 10.7. The molecular weight excluding hydrogens is 641 g/mol. The molecule has 2 aromatic heterocycles. The van der Waals surface area contributed by atoms with Crippen LogP contribution in [0.1, 0.15) is 18.1 Å². The first kappa shape index (κ1) is 32.3. The second-order valence-electron chi connectivity index (χ2n) is 13.7. The van der Waals surface area contributed by atoms with Gasteiger partial charge in [-0.2, -0.15) is 0 Å². The van der Waals surface area contributed by atoms with Crippen LogP contribution in [-0.4, -0.2) is 9.13 Å². The van der Waals surface area contributed by atoms with E-state index in [1.54, 1.807) is 0 Å². The van der Waals surface area contributed by atoms with Crippen LogP contribution < -0.4 is 10.4 Å².